The molecule has 1 aromatic rings. The van der Waals surface area contributed by atoms with Crippen molar-refractivity contribution in [1.82, 2.24) is 5.32 Å². The lowest BCUT2D eigenvalue weighted by atomic mass is 10.2. The van der Waals surface area contributed by atoms with E-state index in [-0.39, 0.29) is 16.5 Å². The molecule has 1 aromatic carbocycles. The Morgan fingerprint density at radius 1 is 1.33 bits per heavy atom. The van der Waals surface area contributed by atoms with E-state index in [2.05, 4.69) is 10.6 Å². The van der Waals surface area contributed by atoms with E-state index >= 15 is 0 Å². The number of halogens is 1. The van der Waals surface area contributed by atoms with E-state index < -0.39 is 23.6 Å². The minimum absolute atomic E-state index is 0.0373. The third kappa shape index (κ3) is 5.51. The molecule has 21 heavy (non-hydrogen) atoms. The first-order valence-electron chi connectivity index (χ1n) is 6.38. The molecule has 0 aliphatic rings. The second kappa shape index (κ2) is 6.67. The largest absolute Gasteiger partial charge is 0.506 e. The van der Waals surface area contributed by atoms with Crippen molar-refractivity contribution in [3.05, 3.63) is 23.2 Å². The lowest BCUT2D eigenvalue weighted by Gasteiger charge is -2.21. The number of carbonyl (C=O) groups excluding carboxylic acids is 2. The average molecular weight is 315 g/mol. The van der Waals surface area contributed by atoms with Crippen LogP contribution in [0.4, 0.5) is 10.5 Å². The summed E-state index contributed by atoms with van der Waals surface area (Å²) in [6, 6.07) is 3.67. The van der Waals surface area contributed by atoms with Gasteiger partial charge in [-0.2, -0.15) is 0 Å². The van der Waals surface area contributed by atoms with Crippen molar-refractivity contribution in [1.29, 1.82) is 0 Å². The van der Waals surface area contributed by atoms with Crippen molar-refractivity contribution in [2.75, 3.05) is 5.32 Å². The number of carbonyl (C=O) groups is 2. The Balaban J connectivity index is 2.63. The van der Waals surface area contributed by atoms with Crippen LogP contribution in [0, 0.1) is 0 Å². The summed E-state index contributed by atoms with van der Waals surface area (Å²) in [4.78, 5) is 23.5. The van der Waals surface area contributed by atoms with Crippen molar-refractivity contribution >= 4 is 29.3 Å². The Bertz CT molecular complexity index is 540. The number of phenolic OH excluding ortho intramolecular Hbond substituents is 1. The number of hydrogen-bond acceptors (Lipinski definition) is 4. The molecule has 1 atom stereocenters. The summed E-state index contributed by atoms with van der Waals surface area (Å²) in [6.07, 6.45) is -0.688. The minimum atomic E-state index is -0.821. The molecule has 7 heteroatoms. The van der Waals surface area contributed by atoms with E-state index in [0.29, 0.717) is 0 Å². The summed E-state index contributed by atoms with van der Waals surface area (Å²) < 4.78 is 5.06. The van der Waals surface area contributed by atoms with Gasteiger partial charge < -0.3 is 20.5 Å². The highest BCUT2D eigenvalue weighted by Gasteiger charge is 2.21. The van der Waals surface area contributed by atoms with Gasteiger partial charge in [-0.05, 0) is 39.8 Å². The second-order valence-electron chi connectivity index (χ2n) is 5.50. The second-order valence-corrected chi connectivity index (χ2v) is 5.87. The van der Waals surface area contributed by atoms with Crippen molar-refractivity contribution in [3.63, 3.8) is 0 Å². The molecule has 0 fully saturated rings. The van der Waals surface area contributed by atoms with Crippen molar-refractivity contribution in [2.45, 2.75) is 39.3 Å². The first-order chi connectivity index (χ1) is 9.60. The summed E-state index contributed by atoms with van der Waals surface area (Å²) in [5, 5.41) is 14.4. The van der Waals surface area contributed by atoms with Gasteiger partial charge in [-0.1, -0.05) is 17.7 Å². The number of hydrogen-bond donors (Lipinski definition) is 3. The van der Waals surface area contributed by atoms with Gasteiger partial charge in [0.15, 0.2) is 0 Å². The number of nitrogens with one attached hydrogen (secondary N) is 2. The van der Waals surface area contributed by atoms with Crippen LogP contribution in [0.2, 0.25) is 5.02 Å². The van der Waals surface area contributed by atoms with Crippen LogP contribution in [0.5, 0.6) is 5.75 Å². The number of benzene rings is 1. The molecule has 0 radical (unpaired) electrons. The monoisotopic (exact) mass is 314 g/mol. The van der Waals surface area contributed by atoms with Crippen molar-refractivity contribution in [3.8, 4) is 5.75 Å². The van der Waals surface area contributed by atoms with Crippen LogP contribution in [-0.2, 0) is 9.53 Å². The van der Waals surface area contributed by atoms with Crippen LogP contribution in [0.25, 0.3) is 0 Å². The summed E-state index contributed by atoms with van der Waals surface area (Å²) in [6.45, 7) is 6.69. The average Bonchev–Trinajstić information content (AvgIpc) is 2.32. The third-order valence-electron chi connectivity index (χ3n) is 2.36. The smallest absolute Gasteiger partial charge is 0.408 e. The fourth-order valence-corrected chi connectivity index (χ4v) is 1.58. The Hall–Kier alpha value is -1.95. The molecule has 0 spiro atoms. The number of aromatic hydroxyl groups is 1. The van der Waals surface area contributed by atoms with Crippen LogP contribution in [0.15, 0.2) is 18.2 Å². The van der Waals surface area contributed by atoms with Gasteiger partial charge in [0.05, 0.1) is 5.69 Å². The first kappa shape index (κ1) is 17.1. The van der Waals surface area contributed by atoms with Crippen LogP contribution in [0.1, 0.15) is 27.7 Å². The van der Waals surface area contributed by atoms with Gasteiger partial charge in [0.25, 0.3) is 0 Å². The molecule has 0 unspecified atom stereocenters. The zero-order valence-corrected chi connectivity index (χ0v) is 13.1. The van der Waals surface area contributed by atoms with Gasteiger partial charge in [0.1, 0.15) is 22.4 Å². The van der Waals surface area contributed by atoms with Gasteiger partial charge in [-0.15, -0.1) is 0 Å². The quantitative estimate of drug-likeness (QED) is 0.800. The molecule has 0 aromatic heterocycles. The molecular formula is C14H19ClN2O4. The maximum atomic E-state index is 12.0. The maximum absolute atomic E-state index is 12.0. The molecule has 0 aliphatic heterocycles. The fraction of sp³-hybridized carbons (Fsp3) is 0.429. The molecule has 2 amide bonds. The molecule has 0 saturated heterocycles. The van der Waals surface area contributed by atoms with E-state index in [1.165, 1.54) is 13.0 Å². The molecular weight excluding hydrogens is 296 g/mol. The summed E-state index contributed by atoms with van der Waals surface area (Å²) in [7, 11) is 0. The van der Waals surface area contributed by atoms with E-state index in [1.54, 1.807) is 32.9 Å². The van der Waals surface area contributed by atoms with Crippen LogP contribution >= 0.6 is 11.6 Å². The summed E-state index contributed by atoms with van der Waals surface area (Å²) in [5.74, 6) is -0.615. The number of anilines is 1. The lowest BCUT2D eigenvalue weighted by Crippen LogP contribution is -2.44. The Labute approximate surface area is 128 Å². The number of phenols is 1. The van der Waals surface area contributed by atoms with Gasteiger partial charge in [-0.3, -0.25) is 4.79 Å². The lowest BCUT2D eigenvalue weighted by molar-refractivity contribution is -0.117. The molecule has 0 bridgehead atoms. The standard InChI is InChI=1S/C14H19ClN2O4/c1-8(16-13(20)21-14(2,3)4)12(19)17-9-6-5-7-10(18)11(9)15/h5-8,18H,1-4H3,(H,16,20)(H,17,19)/t8-/m1/s1. The summed E-state index contributed by atoms with van der Waals surface area (Å²) in [5.41, 5.74) is -0.381. The predicted octanol–water partition coefficient (Wildman–Crippen LogP) is 2.90. The molecule has 1 rings (SSSR count). The van der Waals surface area contributed by atoms with E-state index in [0.717, 1.165) is 0 Å². The molecule has 116 valence electrons. The van der Waals surface area contributed by atoms with Crippen LogP contribution in [0.3, 0.4) is 0 Å². The van der Waals surface area contributed by atoms with Gasteiger partial charge in [0.2, 0.25) is 5.91 Å². The minimum Gasteiger partial charge on any atom is -0.506 e. The number of rotatable bonds is 3. The normalized spacial score (nSPS) is 12.4. The van der Waals surface area contributed by atoms with E-state index in [1.807, 2.05) is 0 Å². The van der Waals surface area contributed by atoms with Gasteiger partial charge >= 0.3 is 6.09 Å². The van der Waals surface area contributed by atoms with Crippen LogP contribution in [-0.4, -0.2) is 28.7 Å². The van der Waals surface area contributed by atoms with E-state index in [4.69, 9.17) is 16.3 Å². The number of amides is 2. The SMILES string of the molecule is C[C@@H](NC(=O)OC(C)(C)C)C(=O)Nc1cccc(O)c1Cl. The molecule has 0 saturated carbocycles. The number of alkyl carbamates (subject to hydrolysis) is 1. The maximum Gasteiger partial charge on any atom is 0.408 e. The highest BCUT2D eigenvalue weighted by Crippen LogP contribution is 2.30. The third-order valence-corrected chi connectivity index (χ3v) is 2.76. The van der Waals surface area contributed by atoms with Gasteiger partial charge in [-0.25, -0.2) is 4.79 Å². The van der Waals surface area contributed by atoms with Crippen LogP contribution < -0.4 is 10.6 Å². The Morgan fingerprint density at radius 3 is 2.52 bits per heavy atom. The van der Waals surface area contributed by atoms with Crippen molar-refractivity contribution < 1.29 is 19.4 Å². The first-order valence-corrected chi connectivity index (χ1v) is 6.76. The Kier molecular flexibility index (Phi) is 5.43. The highest BCUT2D eigenvalue weighted by molar-refractivity contribution is 6.35. The predicted molar refractivity (Wildman–Crippen MR) is 80.6 cm³/mol. The molecule has 6 nitrogen and oxygen atoms in total. The van der Waals surface area contributed by atoms with E-state index in [9.17, 15) is 14.7 Å². The molecule has 0 heterocycles. The molecule has 3 N–H and O–H groups in total. The zero-order valence-electron chi connectivity index (χ0n) is 12.4. The zero-order chi connectivity index (χ0) is 16.2. The molecule has 0 aliphatic carbocycles. The number of ether oxygens (including phenoxy) is 1. The Morgan fingerprint density at radius 2 is 1.95 bits per heavy atom. The fourth-order valence-electron chi connectivity index (χ4n) is 1.41. The van der Waals surface area contributed by atoms with Gasteiger partial charge in [0, 0.05) is 0 Å². The summed E-state index contributed by atoms with van der Waals surface area (Å²) >= 11 is 5.86. The highest BCUT2D eigenvalue weighted by atomic mass is 35.5. The van der Waals surface area contributed by atoms with Crippen molar-refractivity contribution in [2.24, 2.45) is 0 Å². The topological polar surface area (TPSA) is 87.7 Å².